The van der Waals surface area contributed by atoms with E-state index in [9.17, 15) is 0 Å². The molecule has 0 bridgehead atoms. The molecule has 0 aliphatic heterocycles. The van der Waals surface area contributed by atoms with E-state index in [2.05, 4.69) is 54.9 Å². The second-order valence-electron chi connectivity index (χ2n) is 6.72. The summed E-state index contributed by atoms with van der Waals surface area (Å²) in [4.78, 5) is 0. The van der Waals surface area contributed by atoms with Gasteiger partial charge in [0.05, 0.1) is 0 Å². The van der Waals surface area contributed by atoms with Crippen molar-refractivity contribution in [2.24, 2.45) is 0 Å². The van der Waals surface area contributed by atoms with Crippen molar-refractivity contribution in [3.8, 4) is 0 Å². The average molecular weight is 495 g/mol. The van der Waals surface area contributed by atoms with E-state index in [4.69, 9.17) is 11.6 Å². The van der Waals surface area contributed by atoms with Crippen molar-refractivity contribution in [1.29, 1.82) is 0 Å². The van der Waals surface area contributed by atoms with Crippen molar-refractivity contribution >= 4 is 45.9 Å². The predicted octanol–water partition coefficient (Wildman–Crippen LogP) is 8.03. The molecule has 0 fully saturated rings. The van der Waals surface area contributed by atoms with Crippen LogP contribution < -0.4 is 0 Å². The number of benzene rings is 1. The maximum atomic E-state index is 6.13. The van der Waals surface area contributed by atoms with Gasteiger partial charge in [0, 0.05) is 0 Å². The van der Waals surface area contributed by atoms with Gasteiger partial charge in [-0.1, -0.05) is 0 Å². The van der Waals surface area contributed by atoms with Gasteiger partial charge in [-0.3, -0.25) is 0 Å². The van der Waals surface area contributed by atoms with Gasteiger partial charge in [-0.2, -0.15) is 0 Å². The van der Waals surface area contributed by atoms with Gasteiger partial charge in [0.25, 0.3) is 0 Å². The zero-order valence-electron chi connectivity index (χ0n) is 14.6. The number of halogens is 2. The maximum absolute atomic E-state index is 6.13. The first-order valence-electron chi connectivity index (χ1n) is 9.01. The molecule has 0 radical (unpaired) electrons. The summed E-state index contributed by atoms with van der Waals surface area (Å²) in [6.07, 6.45) is 8.36. The van der Waals surface area contributed by atoms with Crippen LogP contribution in [0.3, 0.4) is 0 Å². The Morgan fingerprint density at radius 3 is 1.82 bits per heavy atom. The molecule has 0 aromatic heterocycles. The molecule has 0 spiro atoms. The predicted molar refractivity (Wildman–Crippen MR) is 108 cm³/mol. The van der Waals surface area contributed by atoms with Crippen LogP contribution in [-0.2, 0) is 4.44 Å². The zero-order chi connectivity index (χ0) is 16.4. The fourth-order valence-electron chi connectivity index (χ4n) is 3.36. The van der Waals surface area contributed by atoms with Gasteiger partial charge in [-0.15, -0.1) is 0 Å². The third kappa shape index (κ3) is 7.13. The normalized spacial score (nSPS) is 11.9. The van der Waals surface area contributed by atoms with Crippen LogP contribution in [0.15, 0.2) is 22.7 Å². The van der Waals surface area contributed by atoms with Crippen molar-refractivity contribution in [3.63, 3.8) is 0 Å². The van der Waals surface area contributed by atoms with E-state index in [0.717, 1.165) is 5.02 Å². The summed E-state index contributed by atoms with van der Waals surface area (Å²) in [5.41, 5.74) is 1.52. The first-order valence-corrected chi connectivity index (χ1v) is 18.2. The monoisotopic (exact) mass is 494 g/mol. The van der Waals surface area contributed by atoms with Crippen molar-refractivity contribution in [1.82, 2.24) is 0 Å². The molecule has 0 aliphatic rings. The summed E-state index contributed by atoms with van der Waals surface area (Å²) in [5.74, 6) is 0. The number of hydrogen-bond donors (Lipinski definition) is 0. The molecule has 126 valence electrons. The Morgan fingerprint density at radius 1 is 0.909 bits per heavy atom. The van der Waals surface area contributed by atoms with Crippen molar-refractivity contribution in [3.05, 3.63) is 33.3 Å². The molecule has 0 nitrogen and oxygen atoms in total. The molecule has 1 rings (SSSR count). The van der Waals surface area contributed by atoms with E-state index in [1.54, 1.807) is 13.3 Å². The molecule has 0 saturated heterocycles. The zero-order valence-corrected chi connectivity index (χ0v) is 19.8. The summed E-state index contributed by atoms with van der Waals surface area (Å²) in [5, 5.41) is 0.840. The Morgan fingerprint density at radius 2 is 1.41 bits per heavy atom. The standard InChI is InChI=1S/C7H5BrCl.3C4H9.Sn/c1-5-2-3-6(9)4-7(5)8;3*1-3-4-2;/h2-4H,1H2;3*1,3-4H2,2H3;. The molecule has 0 unspecified atom stereocenters. The van der Waals surface area contributed by atoms with Crippen LogP contribution >= 0.6 is 27.5 Å². The molecule has 0 heterocycles. The van der Waals surface area contributed by atoms with Crippen molar-refractivity contribution < 1.29 is 0 Å². The molecular weight excluding hydrogens is 462 g/mol. The second kappa shape index (κ2) is 11.4. The molecule has 1 aromatic carbocycles. The number of rotatable bonds is 11. The van der Waals surface area contributed by atoms with Gasteiger partial charge in [-0.25, -0.2) is 0 Å². The van der Waals surface area contributed by atoms with E-state index < -0.39 is 18.4 Å². The average Bonchev–Trinajstić information content (AvgIpc) is 2.51. The Kier molecular flexibility index (Phi) is 10.8. The van der Waals surface area contributed by atoms with E-state index in [-0.39, 0.29) is 0 Å². The van der Waals surface area contributed by atoms with Crippen LogP contribution in [-0.4, -0.2) is 18.4 Å². The van der Waals surface area contributed by atoms with E-state index in [1.165, 1.54) is 53.0 Å². The van der Waals surface area contributed by atoms with Gasteiger partial charge in [0.2, 0.25) is 0 Å². The molecule has 1 aromatic rings. The molecular formula is C19H32BrClSn. The van der Waals surface area contributed by atoms with Crippen LogP contribution in [0.5, 0.6) is 0 Å². The minimum atomic E-state index is -2.09. The molecule has 0 atom stereocenters. The van der Waals surface area contributed by atoms with Gasteiger partial charge in [0.15, 0.2) is 0 Å². The summed E-state index contributed by atoms with van der Waals surface area (Å²) >= 11 is 7.79. The SMILES string of the molecule is CCC[CH2][Sn]([CH2]CCC)([CH2]CCC)[CH2]c1ccc(Cl)cc1Br. The summed E-state index contributed by atoms with van der Waals surface area (Å²) < 4.78 is 7.33. The molecule has 0 N–H and O–H groups in total. The molecule has 22 heavy (non-hydrogen) atoms. The molecule has 0 aliphatic carbocycles. The van der Waals surface area contributed by atoms with Gasteiger partial charge >= 0.3 is 156 Å². The van der Waals surface area contributed by atoms with Gasteiger partial charge in [0.1, 0.15) is 0 Å². The van der Waals surface area contributed by atoms with Crippen LogP contribution in [0.4, 0.5) is 0 Å². The van der Waals surface area contributed by atoms with Gasteiger partial charge < -0.3 is 0 Å². The Hall–Kier alpha value is 0.789. The quantitative estimate of drug-likeness (QED) is 0.273. The Balaban J connectivity index is 2.97. The van der Waals surface area contributed by atoms with E-state index in [0.29, 0.717) is 0 Å². The molecule has 3 heteroatoms. The second-order valence-corrected chi connectivity index (χ2v) is 21.9. The van der Waals surface area contributed by atoms with Crippen LogP contribution in [0, 0.1) is 0 Å². The van der Waals surface area contributed by atoms with Crippen LogP contribution in [0.25, 0.3) is 0 Å². The Bertz CT molecular complexity index is 412. The minimum absolute atomic E-state index is 0.840. The van der Waals surface area contributed by atoms with Crippen LogP contribution in [0.1, 0.15) is 64.9 Å². The Labute approximate surface area is 155 Å². The van der Waals surface area contributed by atoms with Crippen molar-refractivity contribution in [2.75, 3.05) is 0 Å². The van der Waals surface area contributed by atoms with Gasteiger partial charge in [-0.05, 0) is 0 Å². The fraction of sp³-hybridized carbons (Fsp3) is 0.684. The summed E-state index contributed by atoms with van der Waals surface area (Å²) in [7, 11) is 0. The van der Waals surface area contributed by atoms with Crippen molar-refractivity contribution in [2.45, 2.75) is 77.0 Å². The first-order chi connectivity index (χ1) is 10.6. The summed E-state index contributed by atoms with van der Waals surface area (Å²) in [6, 6.07) is 6.41. The first kappa shape index (κ1) is 20.8. The third-order valence-corrected chi connectivity index (χ3v) is 21.1. The molecule has 0 amide bonds. The fourth-order valence-corrected chi connectivity index (χ4v) is 21.2. The number of unbranched alkanes of at least 4 members (excludes halogenated alkanes) is 3. The molecule has 0 saturated carbocycles. The third-order valence-electron chi connectivity index (χ3n) is 4.76. The van der Waals surface area contributed by atoms with Crippen LogP contribution in [0.2, 0.25) is 18.3 Å². The number of hydrogen-bond acceptors (Lipinski definition) is 0. The summed E-state index contributed by atoms with van der Waals surface area (Å²) in [6.45, 7) is 7.03. The van der Waals surface area contributed by atoms with E-state index in [1.807, 2.05) is 0 Å². The topological polar surface area (TPSA) is 0 Å². The van der Waals surface area contributed by atoms with E-state index >= 15 is 0 Å².